The zero-order valence-electron chi connectivity index (χ0n) is 12.4. The summed E-state index contributed by atoms with van der Waals surface area (Å²) >= 11 is 0. The van der Waals surface area contributed by atoms with Crippen molar-refractivity contribution < 1.29 is 4.79 Å². The molecule has 1 N–H and O–H groups in total. The number of benzene rings is 3. The van der Waals surface area contributed by atoms with Gasteiger partial charge in [-0.05, 0) is 22.8 Å². The lowest BCUT2D eigenvalue weighted by atomic mass is 9.98. The largest absolute Gasteiger partial charge is 0.326 e. The van der Waals surface area contributed by atoms with E-state index < -0.39 is 0 Å². The summed E-state index contributed by atoms with van der Waals surface area (Å²) in [6, 6.07) is 26.4. The molecule has 0 saturated carbocycles. The Bertz CT molecular complexity index is 779. The van der Waals surface area contributed by atoms with Gasteiger partial charge in [-0.2, -0.15) is 0 Å². The highest BCUT2D eigenvalue weighted by Crippen LogP contribution is 2.32. The van der Waals surface area contributed by atoms with E-state index in [1.54, 1.807) is 0 Å². The molecule has 0 aliphatic heterocycles. The first-order chi connectivity index (χ1) is 10.7. The maximum atomic E-state index is 11.5. The van der Waals surface area contributed by atoms with Crippen molar-refractivity contribution in [3.05, 3.63) is 78.9 Å². The molecular formula is C20H17NO. The molecule has 0 heterocycles. The summed E-state index contributed by atoms with van der Waals surface area (Å²) in [5.41, 5.74) is 5.17. The fourth-order valence-corrected chi connectivity index (χ4v) is 2.52. The number of anilines is 1. The predicted octanol–water partition coefficient (Wildman–Crippen LogP) is 4.98. The van der Waals surface area contributed by atoms with Crippen molar-refractivity contribution in [3.63, 3.8) is 0 Å². The molecule has 108 valence electrons. The first-order valence-electron chi connectivity index (χ1n) is 7.26. The van der Waals surface area contributed by atoms with Gasteiger partial charge in [0.2, 0.25) is 5.91 Å². The van der Waals surface area contributed by atoms with Crippen molar-refractivity contribution in [1.29, 1.82) is 0 Å². The molecule has 1 amide bonds. The van der Waals surface area contributed by atoms with E-state index in [0.717, 1.165) is 27.9 Å². The zero-order valence-corrected chi connectivity index (χ0v) is 12.4. The highest BCUT2D eigenvalue weighted by molar-refractivity contribution is 5.95. The molecule has 2 nitrogen and oxygen atoms in total. The van der Waals surface area contributed by atoms with Crippen molar-refractivity contribution in [1.82, 2.24) is 0 Å². The van der Waals surface area contributed by atoms with Crippen molar-refractivity contribution >= 4 is 11.6 Å². The fraction of sp³-hybridized carbons (Fsp3) is 0.0500. The molecule has 0 spiro atoms. The van der Waals surface area contributed by atoms with Crippen LogP contribution in [-0.2, 0) is 4.79 Å². The summed E-state index contributed by atoms with van der Waals surface area (Å²) in [4.78, 5) is 11.5. The van der Waals surface area contributed by atoms with Crippen molar-refractivity contribution in [2.75, 3.05) is 5.32 Å². The summed E-state index contributed by atoms with van der Waals surface area (Å²) in [6.45, 7) is 1.53. The van der Waals surface area contributed by atoms with Crippen LogP contribution in [0.15, 0.2) is 78.9 Å². The van der Waals surface area contributed by atoms with Gasteiger partial charge in [0, 0.05) is 18.2 Å². The Morgan fingerprint density at radius 1 is 0.727 bits per heavy atom. The summed E-state index contributed by atoms with van der Waals surface area (Å²) in [5, 5.41) is 2.94. The van der Waals surface area contributed by atoms with Crippen LogP contribution in [0.2, 0.25) is 0 Å². The molecule has 22 heavy (non-hydrogen) atoms. The van der Waals surface area contributed by atoms with E-state index in [0.29, 0.717) is 0 Å². The topological polar surface area (TPSA) is 29.1 Å². The van der Waals surface area contributed by atoms with Crippen LogP contribution in [0.25, 0.3) is 22.3 Å². The van der Waals surface area contributed by atoms with E-state index in [1.165, 1.54) is 6.92 Å². The highest BCUT2D eigenvalue weighted by Gasteiger charge is 2.08. The van der Waals surface area contributed by atoms with E-state index >= 15 is 0 Å². The van der Waals surface area contributed by atoms with Crippen LogP contribution in [0.3, 0.4) is 0 Å². The lowest BCUT2D eigenvalue weighted by Crippen LogP contribution is -2.07. The third-order valence-corrected chi connectivity index (χ3v) is 3.52. The minimum atomic E-state index is -0.0672. The number of amides is 1. The van der Waals surface area contributed by atoms with Gasteiger partial charge >= 0.3 is 0 Å². The van der Waals surface area contributed by atoms with Gasteiger partial charge in [0.1, 0.15) is 0 Å². The summed E-state index contributed by atoms with van der Waals surface area (Å²) < 4.78 is 0. The average Bonchev–Trinajstić information content (AvgIpc) is 2.56. The summed E-state index contributed by atoms with van der Waals surface area (Å²) in [6.07, 6.45) is 0. The van der Waals surface area contributed by atoms with Gasteiger partial charge in [0.15, 0.2) is 0 Å². The number of hydrogen-bond donors (Lipinski definition) is 1. The van der Waals surface area contributed by atoms with Gasteiger partial charge in [0.25, 0.3) is 0 Å². The highest BCUT2D eigenvalue weighted by atomic mass is 16.1. The molecular weight excluding hydrogens is 270 g/mol. The van der Waals surface area contributed by atoms with Gasteiger partial charge in [-0.1, -0.05) is 72.8 Å². The summed E-state index contributed by atoms with van der Waals surface area (Å²) in [5.74, 6) is -0.0672. The van der Waals surface area contributed by atoms with Crippen molar-refractivity contribution in [2.45, 2.75) is 6.92 Å². The van der Waals surface area contributed by atoms with Crippen LogP contribution in [-0.4, -0.2) is 5.91 Å². The van der Waals surface area contributed by atoms with E-state index in [-0.39, 0.29) is 5.91 Å². The Morgan fingerprint density at radius 2 is 1.32 bits per heavy atom. The molecule has 0 fully saturated rings. The van der Waals surface area contributed by atoms with Crippen molar-refractivity contribution in [3.8, 4) is 22.3 Å². The smallest absolute Gasteiger partial charge is 0.221 e. The van der Waals surface area contributed by atoms with Crippen molar-refractivity contribution in [2.24, 2.45) is 0 Å². The number of hydrogen-bond acceptors (Lipinski definition) is 1. The first-order valence-corrected chi connectivity index (χ1v) is 7.26. The van der Waals surface area contributed by atoms with Crippen LogP contribution in [0.1, 0.15) is 6.92 Å². The third-order valence-electron chi connectivity index (χ3n) is 3.52. The molecule has 3 aromatic rings. The van der Waals surface area contributed by atoms with Crippen LogP contribution in [0.5, 0.6) is 0 Å². The Labute approximate surface area is 130 Å². The number of nitrogens with one attached hydrogen (secondary N) is 1. The van der Waals surface area contributed by atoms with Crippen LogP contribution in [0.4, 0.5) is 5.69 Å². The van der Waals surface area contributed by atoms with Gasteiger partial charge in [-0.3, -0.25) is 4.79 Å². The van der Waals surface area contributed by atoms with E-state index in [2.05, 4.69) is 29.6 Å². The lowest BCUT2D eigenvalue weighted by Gasteiger charge is -2.13. The van der Waals surface area contributed by atoms with Crippen LogP contribution < -0.4 is 5.32 Å². The molecule has 0 saturated heterocycles. The van der Waals surface area contributed by atoms with Gasteiger partial charge in [-0.15, -0.1) is 0 Å². The fourth-order valence-electron chi connectivity index (χ4n) is 2.52. The summed E-state index contributed by atoms with van der Waals surface area (Å²) in [7, 11) is 0. The second-order valence-corrected chi connectivity index (χ2v) is 5.17. The maximum Gasteiger partial charge on any atom is 0.221 e. The molecule has 2 heteroatoms. The Hall–Kier alpha value is -2.87. The first kappa shape index (κ1) is 14.1. The maximum absolute atomic E-state index is 11.5. The van der Waals surface area contributed by atoms with Gasteiger partial charge < -0.3 is 5.32 Å². The molecule has 0 aliphatic rings. The zero-order chi connectivity index (χ0) is 15.4. The molecule has 0 radical (unpaired) electrons. The van der Waals surface area contributed by atoms with Crippen LogP contribution in [0, 0.1) is 0 Å². The van der Waals surface area contributed by atoms with Gasteiger partial charge in [-0.25, -0.2) is 0 Å². The van der Waals surface area contributed by atoms with Gasteiger partial charge in [0.05, 0.1) is 0 Å². The standard InChI is InChI=1S/C20H17NO/c1-15(22)21-20-14-18(16-8-4-2-5-9-16)12-13-19(20)17-10-6-3-7-11-17/h2-14H,1H3,(H,21,22). The molecule has 0 aliphatic carbocycles. The number of carbonyl (C=O) groups excluding carboxylic acids is 1. The number of rotatable bonds is 3. The number of carbonyl (C=O) groups is 1. The van der Waals surface area contributed by atoms with E-state index in [1.807, 2.05) is 54.6 Å². The Morgan fingerprint density at radius 3 is 1.91 bits per heavy atom. The molecule has 0 unspecified atom stereocenters. The van der Waals surface area contributed by atoms with E-state index in [4.69, 9.17) is 0 Å². The minimum absolute atomic E-state index is 0.0672. The normalized spacial score (nSPS) is 10.2. The second-order valence-electron chi connectivity index (χ2n) is 5.17. The minimum Gasteiger partial charge on any atom is -0.326 e. The Balaban J connectivity index is 2.10. The SMILES string of the molecule is CC(=O)Nc1cc(-c2ccccc2)ccc1-c1ccccc1. The monoisotopic (exact) mass is 287 g/mol. The van der Waals surface area contributed by atoms with Crippen LogP contribution >= 0.6 is 0 Å². The lowest BCUT2D eigenvalue weighted by molar-refractivity contribution is -0.114. The third kappa shape index (κ3) is 3.07. The molecule has 3 rings (SSSR count). The quantitative estimate of drug-likeness (QED) is 0.723. The molecule has 0 bridgehead atoms. The molecule has 3 aromatic carbocycles. The van der Waals surface area contributed by atoms with E-state index in [9.17, 15) is 4.79 Å². The molecule has 0 atom stereocenters. The Kier molecular flexibility index (Phi) is 4.01. The average molecular weight is 287 g/mol. The second kappa shape index (κ2) is 6.27. The molecule has 0 aromatic heterocycles. The predicted molar refractivity (Wildman–Crippen MR) is 91.6 cm³/mol.